The number of nitrogens with one attached hydrogen (secondary N) is 1. The molecular weight excluding hydrogens is 154 g/mol. The summed E-state index contributed by atoms with van der Waals surface area (Å²) in [5.41, 5.74) is 1.32. The fraction of sp³-hybridized carbons (Fsp3) is 0.125. The number of aromatic nitrogens is 3. The van der Waals surface area contributed by atoms with E-state index in [9.17, 15) is 4.79 Å². The molecule has 0 amide bonds. The second-order valence-electron chi connectivity index (χ2n) is 2.58. The van der Waals surface area contributed by atoms with Gasteiger partial charge in [-0.15, -0.1) is 0 Å². The van der Waals surface area contributed by atoms with Crippen LogP contribution in [0.2, 0.25) is 0 Å². The molecule has 0 atom stereocenters. The Morgan fingerprint density at radius 2 is 2.33 bits per heavy atom. The first-order chi connectivity index (χ1) is 5.77. The molecule has 60 valence electrons. The van der Waals surface area contributed by atoms with Crippen LogP contribution in [0.25, 0.3) is 10.9 Å². The van der Waals surface area contributed by atoms with Crippen molar-refractivity contribution in [2.24, 2.45) is 0 Å². The SMILES string of the molecule is CC(=O)c1cc2cn[nH]c2cn1. The molecule has 0 aliphatic carbocycles. The highest BCUT2D eigenvalue weighted by Gasteiger charge is 2.02. The molecule has 4 nitrogen and oxygen atoms in total. The molecule has 2 aromatic rings. The number of carbonyl (C=O) groups is 1. The smallest absolute Gasteiger partial charge is 0.178 e. The molecule has 2 rings (SSSR count). The summed E-state index contributed by atoms with van der Waals surface area (Å²) in [6.07, 6.45) is 3.28. The topological polar surface area (TPSA) is 58.6 Å². The third-order valence-corrected chi connectivity index (χ3v) is 1.69. The minimum Gasteiger partial charge on any atom is -0.293 e. The maximum absolute atomic E-state index is 10.9. The van der Waals surface area contributed by atoms with Crippen molar-refractivity contribution in [2.45, 2.75) is 6.92 Å². The van der Waals surface area contributed by atoms with E-state index in [2.05, 4.69) is 15.2 Å². The molecule has 2 heterocycles. The molecule has 0 fully saturated rings. The van der Waals surface area contributed by atoms with Crippen LogP contribution in [0.1, 0.15) is 17.4 Å². The monoisotopic (exact) mass is 161 g/mol. The molecule has 0 bridgehead atoms. The largest absolute Gasteiger partial charge is 0.293 e. The van der Waals surface area contributed by atoms with E-state index < -0.39 is 0 Å². The van der Waals surface area contributed by atoms with E-state index in [0.717, 1.165) is 10.9 Å². The van der Waals surface area contributed by atoms with Gasteiger partial charge in [-0.3, -0.25) is 14.9 Å². The summed E-state index contributed by atoms with van der Waals surface area (Å²) >= 11 is 0. The second kappa shape index (κ2) is 2.41. The zero-order valence-corrected chi connectivity index (χ0v) is 6.53. The van der Waals surface area contributed by atoms with E-state index in [-0.39, 0.29) is 5.78 Å². The first kappa shape index (κ1) is 6.97. The zero-order valence-electron chi connectivity index (χ0n) is 6.53. The molecule has 0 aromatic carbocycles. The summed E-state index contributed by atoms with van der Waals surface area (Å²) in [6.45, 7) is 1.49. The molecule has 2 aromatic heterocycles. The number of aromatic amines is 1. The lowest BCUT2D eigenvalue weighted by atomic mass is 10.2. The Labute approximate surface area is 68.6 Å². The molecule has 1 N–H and O–H groups in total. The van der Waals surface area contributed by atoms with Crippen molar-refractivity contribution < 1.29 is 4.79 Å². The maximum atomic E-state index is 10.9. The molecular formula is C8H7N3O. The number of fused-ring (bicyclic) bond motifs is 1. The van der Waals surface area contributed by atoms with Gasteiger partial charge in [-0.05, 0) is 6.07 Å². The van der Waals surface area contributed by atoms with E-state index in [1.165, 1.54) is 6.92 Å². The summed E-state index contributed by atoms with van der Waals surface area (Å²) < 4.78 is 0. The Morgan fingerprint density at radius 1 is 1.50 bits per heavy atom. The third-order valence-electron chi connectivity index (χ3n) is 1.69. The van der Waals surface area contributed by atoms with Crippen LogP contribution in [-0.2, 0) is 0 Å². The lowest BCUT2D eigenvalue weighted by molar-refractivity contribution is 0.101. The van der Waals surface area contributed by atoms with Gasteiger partial charge in [0.15, 0.2) is 5.78 Å². The standard InChI is InChI=1S/C8H7N3O/c1-5(12)7-2-6-3-10-11-8(6)4-9-7/h2-4H,1H3,(H,10,11). The van der Waals surface area contributed by atoms with Crippen LogP contribution in [0.5, 0.6) is 0 Å². The summed E-state index contributed by atoms with van der Waals surface area (Å²) in [6, 6.07) is 1.72. The summed E-state index contributed by atoms with van der Waals surface area (Å²) in [7, 11) is 0. The molecule has 0 aliphatic rings. The molecule has 0 saturated carbocycles. The Hall–Kier alpha value is -1.71. The van der Waals surface area contributed by atoms with Crippen molar-refractivity contribution in [1.82, 2.24) is 15.2 Å². The Kier molecular flexibility index (Phi) is 1.40. The third kappa shape index (κ3) is 0.972. The van der Waals surface area contributed by atoms with Gasteiger partial charge in [0.25, 0.3) is 0 Å². The summed E-state index contributed by atoms with van der Waals surface area (Å²) in [4.78, 5) is 14.9. The van der Waals surface area contributed by atoms with Crippen LogP contribution in [0, 0.1) is 0 Å². The van der Waals surface area contributed by atoms with Crippen LogP contribution < -0.4 is 0 Å². The highest BCUT2D eigenvalue weighted by molar-refractivity contribution is 5.95. The van der Waals surface area contributed by atoms with Crippen LogP contribution in [0.15, 0.2) is 18.5 Å². The minimum atomic E-state index is -0.0295. The van der Waals surface area contributed by atoms with Crippen molar-refractivity contribution >= 4 is 16.7 Å². The molecule has 0 aliphatic heterocycles. The number of nitrogens with zero attached hydrogens (tertiary/aromatic N) is 2. The van der Waals surface area contributed by atoms with Crippen molar-refractivity contribution in [3.63, 3.8) is 0 Å². The molecule has 12 heavy (non-hydrogen) atoms. The molecule has 0 saturated heterocycles. The first-order valence-corrected chi connectivity index (χ1v) is 3.57. The molecule has 0 unspecified atom stereocenters. The van der Waals surface area contributed by atoms with Gasteiger partial charge < -0.3 is 0 Å². The predicted molar refractivity (Wildman–Crippen MR) is 43.9 cm³/mol. The number of ketones is 1. The number of H-pyrrole nitrogens is 1. The fourth-order valence-electron chi connectivity index (χ4n) is 1.04. The normalized spacial score (nSPS) is 10.4. The van der Waals surface area contributed by atoms with Crippen molar-refractivity contribution in [3.8, 4) is 0 Å². The minimum absolute atomic E-state index is 0.0295. The van der Waals surface area contributed by atoms with E-state index in [4.69, 9.17) is 0 Å². The van der Waals surface area contributed by atoms with Crippen molar-refractivity contribution in [3.05, 3.63) is 24.2 Å². The number of pyridine rings is 1. The highest BCUT2D eigenvalue weighted by atomic mass is 16.1. The number of hydrogen-bond donors (Lipinski definition) is 1. The van der Waals surface area contributed by atoms with Gasteiger partial charge in [0.05, 0.1) is 17.9 Å². The lowest BCUT2D eigenvalue weighted by Crippen LogP contribution is -1.94. The second-order valence-corrected chi connectivity index (χ2v) is 2.58. The van der Waals surface area contributed by atoms with E-state index in [1.54, 1.807) is 18.5 Å². The highest BCUT2D eigenvalue weighted by Crippen LogP contribution is 2.09. The summed E-state index contributed by atoms with van der Waals surface area (Å²) in [5, 5.41) is 7.50. The van der Waals surface area contributed by atoms with Crippen LogP contribution in [-0.4, -0.2) is 21.0 Å². The Balaban J connectivity index is 2.68. The van der Waals surface area contributed by atoms with E-state index in [1.807, 2.05) is 0 Å². The van der Waals surface area contributed by atoms with Crippen LogP contribution in [0.3, 0.4) is 0 Å². The van der Waals surface area contributed by atoms with Crippen LogP contribution in [0.4, 0.5) is 0 Å². The fourth-order valence-corrected chi connectivity index (χ4v) is 1.04. The number of hydrogen-bond acceptors (Lipinski definition) is 3. The molecule has 0 radical (unpaired) electrons. The van der Waals surface area contributed by atoms with Crippen LogP contribution >= 0.6 is 0 Å². The van der Waals surface area contributed by atoms with Gasteiger partial charge in [-0.1, -0.05) is 0 Å². The maximum Gasteiger partial charge on any atom is 0.178 e. The average Bonchev–Trinajstić information content (AvgIpc) is 2.49. The zero-order chi connectivity index (χ0) is 8.55. The van der Waals surface area contributed by atoms with Crippen molar-refractivity contribution in [2.75, 3.05) is 0 Å². The average molecular weight is 161 g/mol. The van der Waals surface area contributed by atoms with Gasteiger partial charge in [0.2, 0.25) is 0 Å². The quantitative estimate of drug-likeness (QED) is 0.638. The summed E-state index contributed by atoms with van der Waals surface area (Å²) in [5.74, 6) is -0.0295. The van der Waals surface area contributed by atoms with E-state index in [0.29, 0.717) is 5.69 Å². The van der Waals surface area contributed by atoms with Gasteiger partial charge >= 0.3 is 0 Å². The van der Waals surface area contributed by atoms with E-state index >= 15 is 0 Å². The number of Topliss-reactive ketones (excluding diaryl/α,β-unsaturated/α-hetero) is 1. The van der Waals surface area contributed by atoms with Crippen molar-refractivity contribution in [1.29, 1.82) is 0 Å². The van der Waals surface area contributed by atoms with Gasteiger partial charge in [-0.2, -0.15) is 5.10 Å². The van der Waals surface area contributed by atoms with Gasteiger partial charge in [-0.25, -0.2) is 0 Å². The van der Waals surface area contributed by atoms with Gasteiger partial charge in [0.1, 0.15) is 5.69 Å². The molecule has 0 spiro atoms. The first-order valence-electron chi connectivity index (χ1n) is 3.57. The molecule has 4 heteroatoms. The number of carbonyl (C=O) groups excluding carboxylic acids is 1. The Morgan fingerprint density at radius 3 is 3.08 bits per heavy atom. The Bertz CT molecular complexity index is 433. The lowest BCUT2D eigenvalue weighted by Gasteiger charge is -1.92. The predicted octanol–water partition coefficient (Wildman–Crippen LogP) is 1.16. The number of rotatable bonds is 1. The van der Waals surface area contributed by atoms with Gasteiger partial charge in [0, 0.05) is 12.3 Å².